The quantitative estimate of drug-likeness (QED) is 0.808. The largest absolute Gasteiger partial charge is 0.374 e. The minimum Gasteiger partial charge on any atom is -0.374 e. The van der Waals surface area contributed by atoms with Crippen molar-refractivity contribution in [2.45, 2.75) is 76.0 Å². The molecule has 4 unspecified atom stereocenters. The predicted molar refractivity (Wildman–Crippen MR) is 85.5 cm³/mol. The summed E-state index contributed by atoms with van der Waals surface area (Å²) >= 11 is 0. The SMILES string of the molecule is CC1(N)CCCCC1C(=O)N1CCOC2CCCCC21.Cl. The van der Waals surface area contributed by atoms with Crippen molar-refractivity contribution in [3.63, 3.8) is 0 Å². The van der Waals surface area contributed by atoms with Crippen molar-refractivity contribution in [3.8, 4) is 0 Å². The van der Waals surface area contributed by atoms with Crippen molar-refractivity contribution in [2.75, 3.05) is 13.2 Å². The number of carbonyl (C=O) groups excluding carboxylic acids is 1. The van der Waals surface area contributed by atoms with Gasteiger partial charge in [0.25, 0.3) is 0 Å². The Morgan fingerprint density at radius 2 is 1.90 bits per heavy atom. The van der Waals surface area contributed by atoms with Crippen molar-refractivity contribution >= 4 is 18.3 Å². The van der Waals surface area contributed by atoms with E-state index in [1.165, 1.54) is 12.8 Å². The first-order valence-electron chi connectivity index (χ1n) is 8.30. The Labute approximate surface area is 134 Å². The van der Waals surface area contributed by atoms with E-state index in [0.717, 1.165) is 45.1 Å². The third-order valence-corrected chi connectivity index (χ3v) is 5.57. The van der Waals surface area contributed by atoms with Gasteiger partial charge in [-0.2, -0.15) is 0 Å². The molecule has 5 heteroatoms. The summed E-state index contributed by atoms with van der Waals surface area (Å²) in [6, 6.07) is 0.308. The minimum atomic E-state index is -0.322. The Bertz CT molecular complexity index is 373. The average Bonchev–Trinajstić information content (AvgIpc) is 2.45. The van der Waals surface area contributed by atoms with Gasteiger partial charge in [0.1, 0.15) is 0 Å². The van der Waals surface area contributed by atoms with E-state index >= 15 is 0 Å². The lowest BCUT2D eigenvalue weighted by Gasteiger charge is -2.47. The molecule has 3 rings (SSSR count). The van der Waals surface area contributed by atoms with Gasteiger partial charge in [0, 0.05) is 12.1 Å². The zero-order valence-corrected chi connectivity index (χ0v) is 13.9. The molecule has 1 aliphatic heterocycles. The standard InChI is InChI=1S/C16H28N2O2.ClH/c1-16(17)9-5-4-6-12(16)15(19)18-10-11-20-14-8-3-2-7-13(14)18;/h12-14H,2-11,17H2,1H3;1H. The normalized spacial score (nSPS) is 40.1. The van der Waals surface area contributed by atoms with E-state index in [9.17, 15) is 4.79 Å². The molecule has 3 fully saturated rings. The maximum Gasteiger partial charge on any atom is 0.227 e. The summed E-state index contributed by atoms with van der Waals surface area (Å²) in [6.45, 7) is 3.51. The lowest BCUT2D eigenvalue weighted by Crippen LogP contribution is -2.60. The van der Waals surface area contributed by atoms with Crippen LogP contribution in [0, 0.1) is 5.92 Å². The molecule has 4 nitrogen and oxygen atoms in total. The van der Waals surface area contributed by atoms with Gasteiger partial charge >= 0.3 is 0 Å². The van der Waals surface area contributed by atoms with E-state index in [0.29, 0.717) is 18.6 Å². The van der Waals surface area contributed by atoms with Gasteiger partial charge in [-0.25, -0.2) is 0 Å². The van der Waals surface area contributed by atoms with Crippen molar-refractivity contribution in [1.29, 1.82) is 0 Å². The van der Waals surface area contributed by atoms with Crippen LogP contribution in [0.2, 0.25) is 0 Å². The fourth-order valence-corrected chi connectivity index (χ4v) is 4.33. The molecule has 1 amide bonds. The van der Waals surface area contributed by atoms with Gasteiger partial charge in [-0.1, -0.05) is 25.7 Å². The number of hydrogen-bond donors (Lipinski definition) is 1. The lowest BCUT2D eigenvalue weighted by atomic mass is 9.73. The Morgan fingerprint density at radius 3 is 2.67 bits per heavy atom. The van der Waals surface area contributed by atoms with E-state index in [1.807, 2.05) is 0 Å². The van der Waals surface area contributed by atoms with Gasteiger partial charge < -0.3 is 15.4 Å². The van der Waals surface area contributed by atoms with Crippen LogP contribution in [0.15, 0.2) is 0 Å². The first-order chi connectivity index (χ1) is 9.59. The summed E-state index contributed by atoms with van der Waals surface area (Å²) in [5.74, 6) is 0.312. The fourth-order valence-electron chi connectivity index (χ4n) is 4.33. The highest BCUT2D eigenvalue weighted by Gasteiger charge is 2.44. The number of halogens is 1. The molecule has 0 bridgehead atoms. The van der Waals surface area contributed by atoms with Gasteiger partial charge in [0.15, 0.2) is 0 Å². The average molecular weight is 317 g/mol. The second-order valence-corrected chi connectivity index (χ2v) is 7.10. The lowest BCUT2D eigenvalue weighted by molar-refractivity contribution is -0.157. The zero-order chi connectivity index (χ0) is 14.2. The van der Waals surface area contributed by atoms with Gasteiger partial charge in [-0.15, -0.1) is 12.4 Å². The van der Waals surface area contributed by atoms with Crippen LogP contribution in [-0.2, 0) is 9.53 Å². The predicted octanol–water partition coefficient (Wildman–Crippen LogP) is 2.49. The smallest absolute Gasteiger partial charge is 0.227 e. The van der Waals surface area contributed by atoms with Gasteiger partial charge in [0.2, 0.25) is 5.91 Å². The van der Waals surface area contributed by atoms with Crippen LogP contribution in [0.1, 0.15) is 58.3 Å². The first kappa shape index (κ1) is 17.0. The molecule has 2 N–H and O–H groups in total. The maximum atomic E-state index is 13.0. The van der Waals surface area contributed by atoms with E-state index in [-0.39, 0.29) is 30.0 Å². The molecule has 0 aromatic rings. The maximum absolute atomic E-state index is 13.0. The van der Waals surface area contributed by atoms with E-state index in [4.69, 9.17) is 10.5 Å². The van der Waals surface area contributed by atoms with Crippen LogP contribution in [-0.4, -0.2) is 41.6 Å². The third kappa shape index (κ3) is 3.38. The Kier molecular flexibility index (Phi) is 5.55. The number of fused-ring (bicyclic) bond motifs is 1. The second kappa shape index (κ2) is 6.84. The Balaban J connectivity index is 0.00000161. The van der Waals surface area contributed by atoms with Gasteiger partial charge in [-0.3, -0.25) is 4.79 Å². The molecule has 0 aromatic heterocycles. The van der Waals surface area contributed by atoms with Crippen LogP contribution in [0.25, 0.3) is 0 Å². The minimum absolute atomic E-state index is 0. The number of rotatable bonds is 1. The molecule has 1 heterocycles. The van der Waals surface area contributed by atoms with E-state index < -0.39 is 0 Å². The molecule has 0 aromatic carbocycles. The summed E-state index contributed by atoms with van der Waals surface area (Å²) in [5, 5.41) is 0. The molecule has 0 radical (unpaired) electrons. The number of carbonyl (C=O) groups is 1. The number of nitrogens with zero attached hydrogens (tertiary/aromatic N) is 1. The highest BCUT2D eigenvalue weighted by atomic mass is 35.5. The second-order valence-electron chi connectivity index (χ2n) is 7.10. The van der Waals surface area contributed by atoms with Gasteiger partial charge in [-0.05, 0) is 32.6 Å². The van der Waals surface area contributed by atoms with Gasteiger partial charge in [0.05, 0.1) is 24.7 Å². The van der Waals surface area contributed by atoms with Crippen molar-refractivity contribution in [2.24, 2.45) is 11.7 Å². The summed E-state index contributed by atoms with van der Waals surface area (Å²) in [5.41, 5.74) is 6.10. The van der Waals surface area contributed by atoms with Crippen LogP contribution < -0.4 is 5.73 Å². The molecular formula is C16H29ClN2O2. The fraction of sp³-hybridized carbons (Fsp3) is 0.938. The van der Waals surface area contributed by atoms with E-state index in [2.05, 4.69) is 11.8 Å². The first-order valence-corrected chi connectivity index (χ1v) is 8.30. The van der Waals surface area contributed by atoms with Crippen molar-refractivity contribution < 1.29 is 9.53 Å². The molecule has 3 aliphatic rings. The topological polar surface area (TPSA) is 55.6 Å². The Hall–Kier alpha value is -0.320. The summed E-state index contributed by atoms with van der Waals surface area (Å²) < 4.78 is 5.88. The highest BCUT2D eigenvalue weighted by molar-refractivity contribution is 5.85. The number of nitrogens with two attached hydrogens (primary N) is 1. The van der Waals surface area contributed by atoms with Crippen molar-refractivity contribution in [3.05, 3.63) is 0 Å². The molecule has 2 aliphatic carbocycles. The molecule has 2 saturated carbocycles. The van der Waals surface area contributed by atoms with Crippen LogP contribution in [0.3, 0.4) is 0 Å². The molecule has 21 heavy (non-hydrogen) atoms. The molecular weight excluding hydrogens is 288 g/mol. The van der Waals surface area contributed by atoms with Crippen LogP contribution >= 0.6 is 12.4 Å². The highest BCUT2D eigenvalue weighted by Crippen LogP contribution is 2.36. The van der Waals surface area contributed by atoms with Crippen molar-refractivity contribution in [1.82, 2.24) is 4.90 Å². The Morgan fingerprint density at radius 1 is 1.19 bits per heavy atom. The molecule has 0 spiro atoms. The number of ether oxygens (including phenoxy) is 1. The summed E-state index contributed by atoms with van der Waals surface area (Å²) in [6.07, 6.45) is 9.17. The summed E-state index contributed by atoms with van der Waals surface area (Å²) in [7, 11) is 0. The van der Waals surface area contributed by atoms with Crippen LogP contribution in [0.5, 0.6) is 0 Å². The summed E-state index contributed by atoms with van der Waals surface area (Å²) in [4.78, 5) is 15.1. The monoisotopic (exact) mass is 316 g/mol. The number of morpholine rings is 1. The third-order valence-electron chi connectivity index (χ3n) is 5.57. The molecule has 122 valence electrons. The van der Waals surface area contributed by atoms with Crippen LogP contribution in [0.4, 0.5) is 0 Å². The van der Waals surface area contributed by atoms with E-state index in [1.54, 1.807) is 0 Å². The number of amides is 1. The molecule has 1 saturated heterocycles. The number of hydrogen-bond acceptors (Lipinski definition) is 3. The zero-order valence-electron chi connectivity index (χ0n) is 13.1. The molecule has 4 atom stereocenters.